The summed E-state index contributed by atoms with van der Waals surface area (Å²) in [5, 5.41) is 1.33. The summed E-state index contributed by atoms with van der Waals surface area (Å²) in [4.78, 5) is 0. The van der Waals surface area contributed by atoms with Gasteiger partial charge in [0.1, 0.15) is 0 Å². The summed E-state index contributed by atoms with van der Waals surface area (Å²) in [5.41, 5.74) is 0. The SMILES string of the molecule is Cl[SiH2][c-]1cccc1.[Fe].[cH-]1[cH-][cH-][cH-][cH-]1. The Morgan fingerprint density at radius 1 is 0.923 bits per heavy atom. The molecule has 0 fully saturated rings. The van der Waals surface area contributed by atoms with Gasteiger partial charge in [0, 0.05) is 17.1 Å². The Kier molecular flexibility index (Phi) is 8.15. The topological polar surface area (TPSA) is 0 Å². The molecular formula is C10H11ClFeSi-6. The molecule has 0 aromatic heterocycles. The first-order valence-electron chi connectivity index (χ1n) is 3.86. The van der Waals surface area contributed by atoms with E-state index in [0.717, 1.165) is 0 Å². The van der Waals surface area contributed by atoms with Crippen LogP contribution in [-0.4, -0.2) is 8.83 Å². The summed E-state index contributed by atoms with van der Waals surface area (Å²) in [7, 11) is -0.394. The molecule has 0 spiro atoms. The number of hydrogen-bond acceptors (Lipinski definition) is 0. The minimum Gasteiger partial charge on any atom is -0.748 e. The second kappa shape index (κ2) is 8.33. The second-order valence-electron chi connectivity index (χ2n) is 2.39. The molecule has 0 atom stereocenters. The van der Waals surface area contributed by atoms with Crippen LogP contribution in [0.25, 0.3) is 0 Å². The van der Waals surface area contributed by atoms with Crippen molar-refractivity contribution in [1.82, 2.24) is 0 Å². The van der Waals surface area contributed by atoms with Crippen molar-refractivity contribution in [3.8, 4) is 0 Å². The van der Waals surface area contributed by atoms with Crippen LogP contribution in [0.1, 0.15) is 0 Å². The molecule has 2 aromatic carbocycles. The molecule has 76 valence electrons. The average Bonchev–Trinajstić information content (AvgIpc) is 2.81. The second-order valence-corrected chi connectivity index (χ2v) is 4.27. The normalized spacial score (nSPS) is 9.00. The molecule has 0 amide bonds. The van der Waals surface area contributed by atoms with Crippen LogP contribution in [-0.2, 0) is 17.1 Å². The smallest absolute Gasteiger partial charge is 0.0970 e. The van der Waals surface area contributed by atoms with Gasteiger partial charge >= 0.3 is 0 Å². The zero-order valence-electron chi connectivity index (χ0n) is 7.13. The minimum absolute atomic E-state index is 0. The molecule has 0 heterocycles. The van der Waals surface area contributed by atoms with E-state index in [1.807, 2.05) is 42.5 Å². The van der Waals surface area contributed by atoms with Crippen molar-refractivity contribution in [3.63, 3.8) is 0 Å². The van der Waals surface area contributed by atoms with E-state index >= 15 is 0 Å². The summed E-state index contributed by atoms with van der Waals surface area (Å²) >= 11 is 5.61. The monoisotopic (exact) mass is 250 g/mol. The Morgan fingerprint density at radius 2 is 1.31 bits per heavy atom. The maximum Gasteiger partial charge on any atom is 0.0970 e. The first-order chi connectivity index (χ1) is 5.93. The van der Waals surface area contributed by atoms with Crippen LogP contribution in [0.15, 0.2) is 54.6 Å². The van der Waals surface area contributed by atoms with Gasteiger partial charge in [0.2, 0.25) is 0 Å². The maximum absolute atomic E-state index is 5.61. The van der Waals surface area contributed by atoms with Crippen molar-refractivity contribution in [2.24, 2.45) is 0 Å². The Morgan fingerprint density at radius 3 is 1.54 bits per heavy atom. The van der Waals surface area contributed by atoms with Crippen LogP contribution in [0.4, 0.5) is 0 Å². The molecule has 13 heavy (non-hydrogen) atoms. The van der Waals surface area contributed by atoms with E-state index in [0.29, 0.717) is 0 Å². The molecule has 3 heteroatoms. The van der Waals surface area contributed by atoms with E-state index in [-0.39, 0.29) is 17.1 Å². The summed E-state index contributed by atoms with van der Waals surface area (Å²) in [6.45, 7) is 0. The van der Waals surface area contributed by atoms with Crippen molar-refractivity contribution in [2.75, 3.05) is 0 Å². The van der Waals surface area contributed by atoms with Crippen molar-refractivity contribution in [2.45, 2.75) is 0 Å². The fraction of sp³-hybridized carbons (Fsp3) is 0. The van der Waals surface area contributed by atoms with Gasteiger partial charge in [-0.1, -0.05) is 0 Å². The Labute approximate surface area is 96.7 Å². The van der Waals surface area contributed by atoms with Crippen molar-refractivity contribution >= 4 is 25.1 Å². The van der Waals surface area contributed by atoms with E-state index in [1.165, 1.54) is 5.19 Å². The van der Waals surface area contributed by atoms with Crippen molar-refractivity contribution in [3.05, 3.63) is 54.6 Å². The van der Waals surface area contributed by atoms with Gasteiger partial charge in [0.25, 0.3) is 0 Å². The summed E-state index contributed by atoms with van der Waals surface area (Å²) < 4.78 is 0. The summed E-state index contributed by atoms with van der Waals surface area (Å²) in [6.07, 6.45) is 0. The predicted molar refractivity (Wildman–Crippen MR) is 58.1 cm³/mol. The van der Waals surface area contributed by atoms with Crippen LogP contribution < -0.4 is 5.19 Å². The molecule has 0 aliphatic carbocycles. The van der Waals surface area contributed by atoms with Gasteiger partial charge in [-0.25, -0.2) is 12.1 Å². The molecular weight excluding hydrogens is 239 g/mol. The first kappa shape index (κ1) is 12.7. The van der Waals surface area contributed by atoms with E-state index < -0.39 is 8.83 Å². The van der Waals surface area contributed by atoms with Crippen LogP contribution >= 0.6 is 11.1 Å². The van der Waals surface area contributed by atoms with Crippen LogP contribution in [0.5, 0.6) is 0 Å². The third-order valence-corrected chi connectivity index (χ3v) is 3.15. The molecule has 0 N–H and O–H groups in total. The van der Waals surface area contributed by atoms with Gasteiger partial charge in [-0.3, -0.25) is 0 Å². The summed E-state index contributed by atoms with van der Waals surface area (Å²) in [6, 6.07) is 18.2. The summed E-state index contributed by atoms with van der Waals surface area (Å²) in [5.74, 6) is 0. The average molecular weight is 251 g/mol. The van der Waals surface area contributed by atoms with E-state index in [9.17, 15) is 0 Å². The Bertz CT molecular complexity index is 246. The van der Waals surface area contributed by atoms with Gasteiger partial charge in [-0.05, 0) is 0 Å². The zero-order valence-corrected chi connectivity index (χ0v) is 10.4. The number of rotatable bonds is 1. The fourth-order valence-corrected chi connectivity index (χ4v) is 1.81. The molecule has 0 nitrogen and oxygen atoms in total. The molecule has 0 saturated heterocycles. The molecule has 2 aromatic rings. The van der Waals surface area contributed by atoms with Gasteiger partial charge in [0.05, 0.1) is 8.83 Å². The molecule has 0 bridgehead atoms. The number of halogens is 1. The van der Waals surface area contributed by atoms with E-state index in [4.69, 9.17) is 11.1 Å². The van der Waals surface area contributed by atoms with Crippen molar-refractivity contribution < 1.29 is 17.1 Å². The minimum atomic E-state index is -0.394. The largest absolute Gasteiger partial charge is 0.748 e. The maximum atomic E-state index is 5.61. The van der Waals surface area contributed by atoms with Crippen molar-refractivity contribution in [1.29, 1.82) is 0 Å². The fourth-order valence-electron chi connectivity index (χ4n) is 0.824. The molecule has 0 radical (unpaired) electrons. The number of hydrogen-bond donors (Lipinski definition) is 0. The van der Waals surface area contributed by atoms with Gasteiger partial charge < -0.3 is 30.3 Å². The molecule has 2 rings (SSSR count). The predicted octanol–water partition coefficient (Wildman–Crippen LogP) is 1.76. The molecule has 0 unspecified atom stereocenters. The van der Waals surface area contributed by atoms with Gasteiger partial charge in [-0.15, -0.1) is 0 Å². The molecule has 0 aliphatic rings. The van der Waals surface area contributed by atoms with Gasteiger partial charge in [0.15, 0.2) is 0 Å². The Balaban J connectivity index is 0.000000215. The van der Waals surface area contributed by atoms with Crippen LogP contribution in [0.2, 0.25) is 0 Å². The van der Waals surface area contributed by atoms with E-state index in [2.05, 4.69) is 12.1 Å². The molecule has 0 saturated carbocycles. The van der Waals surface area contributed by atoms with Crippen LogP contribution in [0, 0.1) is 0 Å². The third kappa shape index (κ3) is 5.89. The molecule has 0 aliphatic heterocycles. The zero-order chi connectivity index (χ0) is 8.65. The Hall–Kier alpha value is -0.274. The van der Waals surface area contributed by atoms with Crippen LogP contribution in [0.3, 0.4) is 0 Å². The first-order valence-corrected chi connectivity index (χ1v) is 6.71. The van der Waals surface area contributed by atoms with Gasteiger partial charge in [-0.2, -0.15) is 28.4 Å². The van der Waals surface area contributed by atoms with E-state index in [1.54, 1.807) is 0 Å². The standard InChI is InChI=1S/C5H6ClSi.C5H5.Fe/c6-7-5-3-1-2-4-5;1-2-4-5-3-1;/h1-4H,7H2;1-5H;/q-1;-5;. The quantitative estimate of drug-likeness (QED) is 0.411. The third-order valence-electron chi connectivity index (χ3n) is 1.44.